The van der Waals surface area contributed by atoms with E-state index in [2.05, 4.69) is 232 Å². The van der Waals surface area contributed by atoms with Crippen molar-refractivity contribution >= 4 is 126 Å². The van der Waals surface area contributed by atoms with Crippen LogP contribution in [0.4, 0.5) is 17.1 Å². The van der Waals surface area contributed by atoms with E-state index >= 15 is 0 Å². The zero-order valence-electron chi connectivity index (χ0n) is 38.5. The second kappa shape index (κ2) is 14.5. The first kappa shape index (κ1) is 39.5. The average Bonchev–Trinajstić information content (AvgIpc) is 3.78. The van der Waals surface area contributed by atoms with Gasteiger partial charge in [0.05, 0.1) is 0 Å². The third kappa shape index (κ3) is 5.31. The lowest BCUT2D eigenvalue weighted by Crippen LogP contribution is -2.81. The highest BCUT2D eigenvalue weighted by Gasteiger charge is 2.57. The highest BCUT2D eigenvalue weighted by molar-refractivity contribution is 8.00. The largest absolute Gasteiger partial charge is 0.455 e. The van der Waals surface area contributed by atoms with Crippen LogP contribution in [0.3, 0.4) is 0 Å². The summed E-state index contributed by atoms with van der Waals surface area (Å²) in [6, 6.07) is 78.9. The molecule has 69 heavy (non-hydrogen) atoms. The first-order valence-electron chi connectivity index (χ1n) is 24.2. The Balaban J connectivity index is 1.18. The standard InChI is InChI=1S/C63H43B2NOSSi/c1-38-32-39(2)58(40(3)33-38)65-51-35-42(41-18-7-4-8-19-41)34-50-60(51)66-61-52(65)36-43(46-25-17-26-48-47-24-13-15-28-53(47)67-63(46)48)37-57(61)69(44-20-9-5-10-21-44,45-22-11-6-12-23-45)56-31-30-55-59(62(56)66)64(50)49-27-14-16-29-54(49)68-55/h4-37H,1-3H3. The summed E-state index contributed by atoms with van der Waals surface area (Å²) in [7, 11) is -3.16. The molecule has 0 saturated heterocycles. The van der Waals surface area contributed by atoms with Crippen LogP contribution in [0, 0.1) is 20.8 Å². The summed E-state index contributed by atoms with van der Waals surface area (Å²) in [5.41, 5.74) is 23.0. The van der Waals surface area contributed by atoms with Crippen LogP contribution in [0.15, 0.2) is 220 Å². The van der Waals surface area contributed by atoms with Crippen molar-refractivity contribution in [3.63, 3.8) is 0 Å². The van der Waals surface area contributed by atoms with Crippen LogP contribution in [-0.4, -0.2) is 21.5 Å². The Morgan fingerprint density at radius 3 is 1.78 bits per heavy atom. The molecule has 0 spiro atoms. The molecule has 0 bridgehead atoms. The third-order valence-corrected chi connectivity index (χ3v) is 21.9. The topological polar surface area (TPSA) is 16.4 Å². The summed E-state index contributed by atoms with van der Waals surface area (Å²) in [4.78, 5) is 5.49. The summed E-state index contributed by atoms with van der Waals surface area (Å²) in [6.07, 6.45) is 0. The maximum Gasteiger partial charge on any atom is 0.249 e. The Hall–Kier alpha value is -7.50. The Kier molecular flexibility index (Phi) is 8.30. The van der Waals surface area contributed by atoms with Gasteiger partial charge in [0.1, 0.15) is 11.2 Å². The highest BCUT2D eigenvalue weighted by atomic mass is 32.2. The van der Waals surface area contributed by atoms with Crippen LogP contribution in [0.2, 0.25) is 0 Å². The zero-order valence-corrected chi connectivity index (χ0v) is 40.4. The number of rotatable bonds is 5. The molecular weight excluding hydrogens is 868 g/mol. The smallest absolute Gasteiger partial charge is 0.249 e. The van der Waals surface area contributed by atoms with Crippen LogP contribution in [0.25, 0.3) is 44.2 Å². The van der Waals surface area contributed by atoms with Crippen LogP contribution in [0.1, 0.15) is 16.7 Å². The van der Waals surface area contributed by atoms with Crippen molar-refractivity contribution in [2.45, 2.75) is 30.6 Å². The van der Waals surface area contributed by atoms with E-state index in [1.165, 1.54) is 114 Å². The van der Waals surface area contributed by atoms with Gasteiger partial charge in [-0.2, -0.15) is 0 Å². The van der Waals surface area contributed by atoms with E-state index < -0.39 is 8.07 Å². The quantitative estimate of drug-likeness (QED) is 0.161. The number of anilines is 3. The van der Waals surface area contributed by atoms with Crippen molar-refractivity contribution < 1.29 is 4.42 Å². The second-order valence-electron chi connectivity index (χ2n) is 19.6. The van der Waals surface area contributed by atoms with Crippen LogP contribution < -0.4 is 58.4 Å². The number of fused-ring (bicyclic) bond motifs is 6. The van der Waals surface area contributed by atoms with Gasteiger partial charge >= 0.3 is 0 Å². The SMILES string of the molecule is Cc1cc(C)c(B2c3cc(-c4ccccc4)cc4c3N3c5c2cc(-c2cccc6c2oc2ccccc26)cc5[Si](c2ccccc2)(c2ccccc2)c2ccc5c(c23)B4c2ccccc2S5)c(C)c1. The molecule has 4 aliphatic rings. The van der Waals surface area contributed by atoms with Crippen LogP contribution >= 0.6 is 11.8 Å². The predicted molar refractivity (Wildman–Crippen MR) is 297 cm³/mol. The number of nitrogens with zero attached hydrogens (tertiary/aromatic N) is 1. The highest BCUT2D eigenvalue weighted by Crippen LogP contribution is 2.46. The van der Waals surface area contributed by atoms with Gasteiger partial charge in [-0.25, -0.2) is 0 Å². The normalized spacial score (nSPS) is 14.3. The fraction of sp³-hybridized carbons (Fsp3) is 0.0476. The molecule has 0 aliphatic carbocycles. The van der Waals surface area contributed by atoms with Gasteiger partial charge in [-0.05, 0) is 98.3 Å². The van der Waals surface area contributed by atoms with E-state index in [1.807, 2.05) is 11.8 Å². The number of para-hydroxylation sites is 2. The molecule has 4 aliphatic heterocycles. The van der Waals surface area contributed by atoms with Crippen LogP contribution in [-0.2, 0) is 0 Å². The van der Waals surface area contributed by atoms with E-state index in [9.17, 15) is 0 Å². The number of hydrogen-bond acceptors (Lipinski definition) is 3. The molecule has 322 valence electrons. The molecule has 1 aromatic heterocycles. The first-order valence-corrected chi connectivity index (χ1v) is 27.0. The maximum atomic E-state index is 6.95. The molecule has 0 radical (unpaired) electrons. The molecule has 0 amide bonds. The van der Waals surface area contributed by atoms with Crippen molar-refractivity contribution in [3.8, 4) is 22.3 Å². The molecule has 10 aromatic carbocycles. The van der Waals surface area contributed by atoms with Gasteiger partial charge < -0.3 is 9.32 Å². The molecule has 11 aromatic rings. The van der Waals surface area contributed by atoms with E-state index in [1.54, 1.807) is 0 Å². The Morgan fingerprint density at radius 2 is 1.04 bits per heavy atom. The Morgan fingerprint density at radius 1 is 0.435 bits per heavy atom. The molecule has 0 unspecified atom stereocenters. The summed E-state index contributed by atoms with van der Waals surface area (Å²) < 4.78 is 6.95. The van der Waals surface area contributed by atoms with Crippen molar-refractivity contribution in [2.24, 2.45) is 0 Å². The molecule has 0 N–H and O–H groups in total. The first-order chi connectivity index (χ1) is 34.0. The minimum absolute atomic E-state index is 0.0493. The molecule has 0 atom stereocenters. The second-order valence-corrected chi connectivity index (χ2v) is 24.4. The summed E-state index contributed by atoms with van der Waals surface area (Å²) in [6.45, 7) is 6.92. The van der Waals surface area contributed by atoms with E-state index in [-0.39, 0.29) is 13.4 Å². The molecule has 6 heteroatoms. The van der Waals surface area contributed by atoms with Gasteiger partial charge in [-0.15, -0.1) is 0 Å². The minimum Gasteiger partial charge on any atom is -0.455 e. The molecule has 15 rings (SSSR count). The Labute approximate surface area is 408 Å². The van der Waals surface area contributed by atoms with Crippen LogP contribution in [0.5, 0.6) is 0 Å². The van der Waals surface area contributed by atoms with E-state index in [0.29, 0.717) is 0 Å². The third-order valence-electron chi connectivity index (χ3n) is 15.9. The lowest BCUT2D eigenvalue weighted by atomic mass is 9.29. The van der Waals surface area contributed by atoms with Crippen molar-refractivity contribution in [3.05, 3.63) is 223 Å². The molecule has 5 heterocycles. The number of hydrogen-bond donors (Lipinski definition) is 0. The van der Waals surface area contributed by atoms with E-state index in [0.717, 1.165) is 27.5 Å². The van der Waals surface area contributed by atoms with Gasteiger partial charge in [0.25, 0.3) is 0 Å². The monoisotopic (exact) mass is 911 g/mol. The van der Waals surface area contributed by atoms with E-state index in [4.69, 9.17) is 4.42 Å². The summed E-state index contributed by atoms with van der Waals surface area (Å²) >= 11 is 1.95. The molecular formula is C63H43B2NOSSi. The summed E-state index contributed by atoms with van der Waals surface area (Å²) in [5.74, 6) is 0. The number of furan rings is 1. The fourth-order valence-electron chi connectivity index (χ4n) is 13.4. The van der Waals surface area contributed by atoms with Crippen molar-refractivity contribution in [1.82, 2.24) is 0 Å². The maximum absolute atomic E-state index is 6.95. The average molecular weight is 912 g/mol. The van der Waals surface area contributed by atoms with Gasteiger partial charge in [-0.3, -0.25) is 0 Å². The molecule has 0 saturated carbocycles. The minimum atomic E-state index is -3.16. The van der Waals surface area contributed by atoms with Gasteiger partial charge in [0.2, 0.25) is 13.4 Å². The summed E-state index contributed by atoms with van der Waals surface area (Å²) in [5, 5.41) is 7.95. The van der Waals surface area contributed by atoms with Gasteiger partial charge in [0, 0.05) is 43.2 Å². The van der Waals surface area contributed by atoms with Gasteiger partial charge in [0.15, 0.2) is 8.07 Å². The molecule has 0 fully saturated rings. The van der Waals surface area contributed by atoms with Crippen molar-refractivity contribution in [2.75, 3.05) is 4.90 Å². The Bertz CT molecular complexity index is 3940. The van der Waals surface area contributed by atoms with Gasteiger partial charge in [-0.1, -0.05) is 227 Å². The fourth-order valence-corrected chi connectivity index (χ4v) is 19.7. The van der Waals surface area contributed by atoms with Crippen molar-refractivity contribution in [1.29, 1.82) is 0 Å². The lowest BCUT2D eigenvalue weighted by molar-refractivity contribution is 0.670. The number of benzene rings is 10. The zero-order chi connectivity index (χ0) is 45.7. The molecule has 2 nitrogen and oxygen atoms in total. The lowest BCUT2D eigenvalue weighted by Gasteiger charge is -2.54. The predicted octanol–water partition coefficient (Wildman–Crippen LogP) is 9.13. The number of aryl methyl sites for hydroxylation is 3.